The Hall–Kier alpha value is -2.44. The predicted molar refractivity (Wildman–Crippen MR) is 113 cm³/mol. The van der Waals surface area contributed by atoms with Crippen molar-refractivity contribution in [2.45, 2.75) is 12.8 Å². The Morgan fingerprint density at radius 1 is 1.07 bits per heavy atom. The number of anilines is 2. The molecule has 0 unspecified atom stereocenters. The van der Waals surface area contributed by atoms with E-state index in [1.54, 1.807) is 23.5 Å². The molecule has 1 saturated heterocycles. The smallest absolute Gasteiger partial charge is 0.228 e. The minimum absolute atomic E-state index is 0.0837. The molecule has 5 rings (SSSR count). The number of piperazine rings is 1. The van der Waals surface area contributed by atoms with Crippen molar-refractivity contribution in [1.82, 2.24) is 4.90 Å². The van der Waals surface area contributed by atoms with Crippen LogP contribution in [0.15, 0.2) is 41.8 Å². The maximum absolute atomic E-state index is 14.0. The normalized spacial score (nSPS) is 17.2. The van der Waals surface area contributed by atoms with Gasteiger partial charge in [0.1, 0.15) is 5.82 Å². The average Bonchev–Trinajstić information content (AvgIpc) is 3.31. The van der Waals surface area contributed by atoms with Gasteiger partial charge in [-0.05, 0) is 47.2 Å². The minimum Gasteiger partial charge on any atom is -0.368 e. The third-order valence-corrected chi connectivity index (χ3v) is 6.60. The van der Waals surface area contributed by atoms with Gasteiger partial charge in [0.05, 0.1) is 6.42 Å². The second kappa shape index (κ2) is 7.18. The summed E-state index contributed by atoms with van der Waals surface area (Å²) in [5.74, 6) is -0.0719. The minimum atomic E-state index is -0.156. The predicted octanol–water partition coefficient (Wildman–Crippen LogP) is 3.90. The highest BCUT2D eigenvalue weighted by Gasteiger charge is 2.21. The summed E-state index contributed by atoms with van der Waals surface area (Å²) in [4.78, 5) is 16.3. The lowest BCUT2D eigenvalue weighted by Crippen LogP contribution is -2.47. The van der Waals surface area contributed by atoms with Gasteiger partial charge in [-0.1, -0.05) is 12.1 Å². The lowest BCUT2D eigenvalue weighted by molar-refractivity contribution is -0.115. The van der Waals surface area contributed by atoms with Gasteiger partial charge in [-0.2, -0.15) is 0 Å². The highest BCUT2D eigenvalue weighted by molar-refractivity contribution is 7.17. The first-order valence-corrected chi connectivity index (χ1v) is 10.6. The van der Waals surface area contributed by atoms with Crippen LogP contribution in [0.1, 0.15) is 11.1 Å². The molecule has 1 N–H and O–H groups in total. The van der Waals surface area contributed by atoms with Gasteiger partial charge >= 0.3 is 0 Å². The van der Waals surface area contributed by atoms with Gasteiger partial charge in [-0.25, -0.2) is 4.39 Å². The number of nitrogens with one attached hydrogen (secondary N) is 1. The lowest BCUT2D eigenvalue weighted by atomic mass is 10.1. The molecule has 2 aliphatic heterocycles. The molecule has 6 heteroatoms. The summed E-state index contributed by atoms with van der Waals surface area (Å²) in [5.41, 5.74) is 4.37. The molecule has 2 aliphatic rings. The van der Waals surface area contributed by atoms with Gasteiger partial charge in [-0.3, -0.25) is 9.69 Å². The number of amides is 1. The van der Waals surface area contributed by atoms with Crippen molar-refractivity contribution in [2.24, 2.45) is 0 Å². The van der Waals surface area contributed by atoms with Gasteiger partial charge in [0.15, 0.2) is 0 Å². The van der Waals surface area contributed by atoms with E-state index in [1.807, 2.05) is 11.4 Å². The molecule has 1 fully saturated rings. The number of rotatable bonds is 4. The number of carbonyl (C=O) groups excluding carboxylic acids is 1. The number of thiophene rings is 1. The summed E-state index contributed by atoms with van der Waals surface area (Å²) < 4.78 is 15.0. The lowest BCUT2D eigenvalue weighted by Gasteiger charge is -2.36. The highest BCUT2D eigenvalue weighted by atomic mass is 32.1. The molecule has 28 heavy (non-hydrogen) atoms. The van der Waals surface area contributed by atoms with E-state index in [2.05, 4.69) is 33.3 Å². The number of hydrogen-bond donors (Lipinski definition) is 1. The van der Waals surface area contributed by atoms with Crippen LogP contribution in [0.5, 0.6) is 0 Å². The van der Waals surface area contributed by atoms with Crippen LogP contribution in [-0.4, -0.2) is 43.5 Å². The van der Waals surface area contributed by atoms with Crippen molar-refractivity contribution in [3.05, 3.63) is 58.7 Å². The summed E-state index contributed by atoms with van der Waals surface area (Å²) >= 11 is 1.59. The van der Waals surface area contributed by atoms with Crippen molar-refractivity contribution in [1.29, 1.82) is 0 Å². The number of fused-ring (bicyclic) bond motifs is 2. The molecule has 144 valence electrons. The van der Waals surface area contributed by atoms with Gasteiger partial charge in [0.25, 0.3) is 0 Å². The van der Waals surface area contributed by atoms with Gasteiger partial charge in [-0.15, -0.1) is 11.3 Å². The number of benzene rings is 2. The molecule has 0 bridgehead atoms. The quantitative estimate of drug-likeness (QED) is 0.728. The number of carbonyl (C=O) groups is 1. The van der Waals surface area contributed by atoms with Crippen LogP contribution in [0.2, 0.25) is 0 Å². The van der Waals surface area contributed by atoms with Crippen molar-refractivity contribution < 1.29 is 9.18 Å². The van der Waals surface area contributed by atoms with Crippen molar-refractivity contribution >= 4 is 38.7 Å². The summed E-state index contributed by atoms with van der Waals surface area (Å²) in [6.45, 7) is 4.79. The molecule has 0 atom stereocenters. The molecule has 2 aromatic carbocycles. The third kappa shape index (κ3) is 3.38. The van der Waals surface area contributed by atoms with Crippen molar-refractivity contribution in [3.8, 4) is 0 Å². The topological polar surface area (TPSA) is 35.6 Å². The van der Waals surface area contributed by atoms with Crippen molar-refractivity contribution in [2.75, 3.05) is 42.9 Å². The zero-order chi connectivity index (χ0) is 19.1. The van der Waals surface area contributed by atoms with Crippen LogP contribution in [0.25, 0.3) is 10.1 Å². The first-order valence-electron chi connectivity index (χ1n) is 9.71. The van der Waals surface area contributed by atoms with E-state index in [1.165, 1.54) is 5.56 Å². The van der Waals surface area contributed by atoms with E-state index >= 15 is 0 Å². The SMILES string of the molecule is O=C1Cc2cc(CCN3CCN(c4cc(F)cc5sccc45)CC3)ccc2N1. The Morgan fingerprint density at radius 3 is 2.79 bits per heavy atom. The molecule has 4 nitrogen and oxygen atoms in total. The zero-order valence-electron chi connectivity index (χ0n) is 15.6. The Bertz CT molecular complexity index is 1040. The standard InChI is InChI=1S/C22H22FN3OS/c23-17-13-20(18-4-10-28-21(18)14-17)26-8-6-25(7-9-26)5-3-15-1-2-19-16(11-15)12-22(27)24-19/h1-2,4,10-11,13-14H,3,5-9,12H2,(H,24,27). The van der Waals surface area contributed by atoms with Crippen LogP contribution < -0.4 is 10.2 Å². The fourth-order valence-electron chi connectivity index (χ4n) is 4.22. The maximum Gasteiger partial charge on any atom is 0.228 e. The Labute approximate surface area is 167 Å². The molecule has 0 saturated carbocycles. The van der Waals surface area contributed by atoms with E-state index in [-0.39, 0.29) is 11.7 Å². The van der Waals surface area contributed by atoms with Crippen molar-refractivity contribution in [3.63, 3.8) is 0 Å². The molecule has 3 aromatic rings. The number of hydrogen-bond acceptors (Lipinski definition) is 4. The van der Waals surface area contributed by atoms with Gasteiger partial charge < -0.3 is 10.2 Å². The van der Waals surface area contributed by atoms with E-state index in [0.717, 1.165) is 66.2 Å². The molecule has 0 radical (unpaired) electrons. The van der Waals surface area contributed by atoms with E-state index < -0.39 is 0 Å². The Morgan fingerprint density at radius 2 is 1.93 bits per heavy atom. The van der Waals surface area contributed by atoms with Gasteiger partial charge in [0.2, 0.25) is 5.91 Å². The summed E-state index contributed by atoms with van der Waals surface area (Å²) in [7, 11) is 0. The highest BCUT2D eigenvalue weighted by Crippen LogP contribution is 2.32. The molecular weight excluding hydrogens is 373 g/mol. The first-order chi connectivity index (χ1) is 13.7. The molecule has 1 amide bonds. The summed E-state index contributed by atoms with van der Waals surface area (Å²) in [6, 6.07) is 11.7. The van der Waals surface area contributed by atoms with E-state index in [0.29, 0.717) is 6.42 Å². The van der Waals surface area contributed by atoms with E-state index in [9.17, 15) is 9.18 Å². The van der Waals surface area contributed by atoms with Crippen LogP contribution >= 0.6 is 11.3 Å². The zero-order valence-corrected chi connectivity index (χ0v) is 16.4. The average molecular weight is 396 g/mol. The third-order valence-electron chi connectivity index (χ3n) is 5.74. The number of halogens is 1. The monoisotopic (exact) mass is 395 g/mol. The van der Waals surface area contributed by atoms with Gasteiger partial charge in [0, 0.05) is 54.2 Å². The fraction of sp³-hybridized carbons (Fsp3) is 0.318. The maximum atomic E-state index is 14.0. The van der Waals surface area contributed by atoms with E-state index in [4.69, 9.17) is 0 Å². The van der Waals surface area contributed by atoms with Crippen LogP contribution in [0.3, 0.4) is 0 Å². The number of nitrogens with zero attached hydrogens (tertiary/aromatic N) is 2. The second-order valence-corrected chi connectivity index (χ2v) is 8.50. The summed E-state index contributed by atoms with van der Waals surface area (Å²) in [5, 5.41) is 6.07. The second-order valence-electron chi connectivity index (χ2n) is 7.55. The fourth-order valence-corrected chi connectivity index (χ4v) is 5.05. The van der Waals surface area contributed by atoms with Crippen LogP contribution in [0.4, 0.5) is 15.8 Å². The molecule has 0 aliphatic carbocycles. The Kier molecular flexibility index (Phi) is 4.53. The first kappa shape index (κ1) is 17.6. The molecule has 1 aromatic heterocycles. The summed E-state index contributed by atoms with van der Waals surface area (Å²) in [6.07, 6.45) is 1.47. The van der Waals surface area contributed by atoms with Crippen LogP contribution in [-0.2, 0) is 17.6 Å². The molecule has 3 heterocycles. The largest absolute Gasteiger partial charge is 0.368 e. The van der Waals surface area contributed by atoms with Crippen LogP contribution in [0, 0.1) is 5.82 Å². The Balaban J connectivity index is 1.20. The molecular formula is C22H22FN3OS. The molecule has 0 spiro atoms.